The zero-order chi connectivity index (χ0) is 43.0. The molecule has 1 aromatic heterocycles. The quantitative estimate of drug-likeness (QED) is 0.0677. The zero-order valence-corrected chi connectivity index (χ0v) is 31.4. The van der Waals surface area contributed by atoms with Crippen LogP contribution in [0.1, 0.15) is 28.9 Å². The molecular weight excluding hydrogens is 788 g/mol. The van der Waals surface area contributed by atoms with Gasteiger partial charge in [-0.2, -0.15) is 0 Å². The molecule has 2 saturated heterocycles. The van der Waals surface area contributed by atoms with Gasteiger partial charge in [-0.15, -0.1) is 0 Å². The Balaban J connectivity index is 1.54. The number of methoxy groups -OCH3 is 3. The fourth-order valence-corrected chi connectivity index (χ4v) is 7.06. The lowest BCUT2D eigenvalue weighted by Gasteiger charge is -2.43. The molecule has 2 fully saturated rings. The highest BCUT2D eigenvalue weighted by molar-refractivity contribution is 5.92. The van der Waals surface area contributed by atoms with Crippen molar-refractivity contribution < 1.29 is 93.8 Å². The minimum absolute atomic E-state index is 0.0106. The first-order chi connectivity index (χ1) is 28.1. The van der Waals surface area contributed by atoms with Crippen LogP contribution in [0.2, 0.25) is 0 Å². The first-order valence-electron chi connectivity index (χ1n) is 17.8. The van der Waals surface area contributed by atoms with Gasteiger partial charge in [0.1, 0.15) is 77.6 Å². The zero-order valence-electron chi connectivity index (χ0n) is 31.4. The number of rotatable bonds is 11. The van der Waals surface area contributed by atoms with Crippen LogP contribution in [0.4, 0.5) is 0 Å². The first kappa shape index (κ1) is 42.9. The molecule has 3 heterocycles. The Bertz CT molecular complexity index is 2260. The van der Waals surface area contributed by atoms with E-state index in [9.17, 15) is 65.8 Å². The van der Waals surface area contributed by atoms with Gasteiger partial charge in [0.05, 0.1) is 45.7 Å². The number of carbonyl (C=O) groups is 1. The number of phenols is 4. The Morgan fingerprint density at radius 3 is 1.88 bits per heavy atom. The van der Waals surface area contributed by atoms with Crippen LogP contribution in [-0.4, -0.2) is 146 Å². The van der Waals surface area contributed by atoms with E-state index in [0.717, 1.165) is 12.1 Å². The van der Waals surface area contributed by atoms with Crippen LogP contribution in [-0.2, 0) is 19.0 Å². The van der Waals surface area contributed by atoms with Crippen LogP contribution >= 0.6 is 0 Å². The highest BCUT2D eigenvalue weighted by Gasteiger charge is 2.51. The average Bonchev–Trinajstić information content (AvgIpc) is 3.22. The molecule has 6 rings (SSSR count). The van der Waals surface area contributed by atoms with Crippen molar-refractivity contribution in [2.24, 2.45) is 0 Å². The number of benzene rings is 3. The summed E-state index contributed by atoms with van der Waals surface area (Å²) in [6.07, 6.45) is -17.3. The number of fused-ring (bicyclic) bond motifs is 1. The Labute approximate surface area is 333 Å². The van der Waals surface area contributed by atoms with Gasteiger partial charge in [0.25, 0.3) is 0 Å². The summed E-state index contributed by atoms with van der Waals surface area (Å²) in [5.41, 5.74) is -2.76. The lowest BCUT2D eigenvalue weighted by atomic mass is 9.85. The Kier molecular flexibility index (Phi) is 12.6. The van der Waals surface area contributed by atoms with Gasteiger partial charge in [-0.05, 0) is 42.0 Å². The molecule has 4 aromatic rings. The van der Waals surface area contributed by atoms with Crippen molar-refractivity contribution in [1.29, 1.82) is 0 Å². The van der Waals surface area contributed by atoms with E-state index in [4.69, 9.17) is 32.8 Å². The van der Waals surface area contributed by atoms with Gasteiger partial charge in [-0.25, -0.2) is 4.79 Å². The molecule has 3 aromatic carbocycles. The summed E-state index contributed by atoms with van der Waals surface area (Å²) in [6, 6.07) is 7.46. The van der Waals surface area contributed by atoms with Crippen LogP contribution < -0.4 is 19.6 Å². The summed E-state index contributed by atoms with van der Waals surface area (Å²) in [6.45, 7) is -1.88. The third-order valence-electron chi connectivity index (χ3n) is 10.2. The summed E-state index contributed by atoms with van der Waals surface area (Å²) < 4.78 is 38.6. The summed E-state index contributed by atoms with van der Waals surface area (Å²) >= 11 is 0. The normalized spacial score (nSPS) is 27.2. The number of phenolic OH excluding ortho intramolecular Hbond substituents is 4. The predicted octanol–water partition coefficient (Wildman–Crippen LogP) is -0.398. The summed E-state index contributed by atoms with van der Waals surface area (Å²) in [5, 5.41) is 118. The number of aliphatic hydroxyl groups excluding tert-OH is 7. The van der Waals surface area contributed by atoms with Gasteiger partial charge >= 0.3 is 5.97 Å². The summed E-state index contributed by atoms with van der Waals surface area (Å²) in [7, 11) is 3.82. The van der Waals surface area contributed by atoms with Gasteiger partial charge in [-0.3, -0.25) is 4.79 Å². The highest BCUT2D eigenvalue weighted by atomic mass is 16.6. The number of carbonyl (C=O) groups excluding carboxylic acids is 1. The molecule has 0 unspecified atom stereocenters. The smallest absolute Gasteiger partial charge is 0.331 e. The van der Waals surface area contributed by atoms with E-state index >= 15 is 0 Å². The second kappa shape index (κ2) is 17.3. The van der Waals surface area contributed by atoms with Crippen molar-refractivity contribution in [2.45, 2.75) is 61.0 Å². The lowest BCUT2D eigenvalue weighted by Crippen LogP contribution is -2.56. The second-order valence-electron chi connectivity index (χ2n) is 13.6. The van der Waals surface area contributed by atoms with E-state index < -0.39 is 119 Å². The molecule has 0 radical (unpaired) electrons. The molecule has 20 nitrogen and oxygen atoms in total. The van der Waals surface area contributed by atoms with Crippen molar-refractivity contribution in [3.63, 3.8) is 0 Å². The van der Waals surface area contributed by atoms with Crippen molar-refractivity contribution in [2.75, 3.05) is 34.5 Å². The van der Waals surface area contributed by atoms with Gasteiger partial charge in [0, 0.05) is 17.7 Å². The first-order valence-corrected chi connectivity index (χ1v) is 17.8. The minimum Gasteiger partial charge on any atom is -0.507 e. The fraction of sp³-hybridized carbons (Fsp3) is 0.385. The molecule has 11 N–H and O–H groups in total. The topological polar surface area (TPSA) is 325 Å². The molecule has 2 aliphatic rings. The van der Waals surface area contributed by atoms with Gasteiger partial charge in [-0.1, -0.05) is 0 Å². The largest absolute Gasteiger partial charge is 0.507 e. The van der Waals surface area contributed by atoms with Crippen molar-refractivity contribution >= 4 is 23.0 Å². The van der Waals surface area contributed by atoms with Crippen molar-refractivity contribution in [3.05, 3.63) is 69.4 Å². The molecule has 0 spiro atoms. The van der Waals surface area contributed by atoms with Crippen LogP contribution in [0.3, 0.4) is 0 Å². The van der Waals surface area contributed by atoms with E-state index in [-0.39, 0.29) is 45.6 Å². The molecular formula is C39H42O20. The van der Waals surface area contributed by atoms with Crippen LogP contribution in [0, 0.1) is 0 Å². The van der Waals surface area contributed by atoms with Crippen LogP contribution in [0.25, 0.3) is 28.4 Å². The van der Waals surface area contributed by atoms with Crippen molar-refractivity contribution in [3.8, 4) is 51.6 Å². The van der Waals surface area contributed by atoms with Gasteiger partial charge in [0.2, 0.25) is 5.75 Å². The molecule has 0 amide bonds. The predicted molar refractivity (Wildman–Crippen MR) is 199 cm³/mol. The Morgan fingerprint density at radius 2 is 1.29 bits per heavy atom. The number of hydrogen-bond donors (Lipinski definition) is 11. The van der Waals surface area contributed by atoms with Crippen molar-refractivity contribution in [1.82, 2.24) is 0 Å². The number of esters is 1. The maximum Gasteiger partial charge on any atom is 0.331 e. The molecule has 318 valence electrons. The third-order valence-corrected chi connectivity index (χ3v) is 10.2. The molecule has 0 saturated carbocycles. The number of hydrogen-bond acceptors (Lipinski definition) is 20. The fourth-order valence-electron chi connectivity index (χ4n) is 7.06. The minimum atomic E-state index is -2.12. The maximum atomic E-state index is 14.0. The molecule has 0 aliphatic carbocycles. The molecule has 2 aliphatic heterocycles. The average molecular weight is 831 g/mol. The lowest BCUT2D eigenvalue weighted by molar-refractivity contribution is -0.240. The van der Waals surface area contributed by atoms with Crippen LogP contribution in [0.5, 0.6) is 40.2 Å². The highest BCUT2D eigenvalue weighted by Crippen LogP contribution is 2.51. The number of aromatic hydroxyl groups is 4. The Morgan fingerprint density at radius 1 is 0.695 bits per heavy atom. The van der Waals surface area contributed by atoms with Gasteiger partial charge in [0.15, 0.2) is 40.1 Å². The molecule has 59 heavy (non-hydrogen) atoms. The van der Waals surface area contributed by atoms with Crippen LogP contribution in [0.15, 0.2) is 51.7 Å². The maximum absolute atomic E-state index is 14.0. The monoisotopic (exact) mass is 830 g/mol. The molecule has 20 heteroatoms. The Hall–Kier alpha value is -5.68. The van der Waals surface area contributed by atoms with E-state index in [2.05, 4.69) is 0 Å². The molecule has 0 bridgehead atoms. The van der Waals surface area contributed by atoms with Gasteiger partial charge < -0.3 is 89.0 Å². The van der Waals surface area contributed by atoms with E-state index in [1.165, 1.54) is 57.7 Å². The second-order valence-corrected chi connectivity index (χ2v) is 13.6. The standard InChI is InChI=1S/C39H42O20/c1-53-19-10-15(5-6-16(19)42)18-11-17(43)25-31(48)26(32(49)27(36(25)56-18)37-35(52)33(50)29(46)22(12-40)57-37)38-39(34(51)30(47)23(13-41)58-38)59-24(44)7-4-14-8-20(54-2)28(45)21(9-14)55-3/h4-11,22-23,29-30,33-35,37-42,45-52H,12-13H2,1-3H3/b7-4+/t22-,23-,29-,30-,33+,34+,35-,37+,38+,39-/m1/s1. The summed E-state index contributed by atoms with van der Waals surface area (Å²) in [4.78, 5) is 27.4. The number of aliphatic hydroxyl groups is 7. The third kappa shape index (κ3) is 7.80. The summed E-state index contributed by atoms with van der Waals surface area (Å²) in [5.74, 6) is -4.28. The van der Waals surface area contributed by atoms with E-state index in [0.29, 0.717) is 0 Å². The SMILES string of the molecule is COc1cc(-c2cc(=O)c3c(O)c([C@@H]4O[C@H](CO)[C@@H](O)[C@H](O)[C@H]4OC(=O)/C=C/c4cc(OC)c(O)c(OC)c4)c(O)c([C@@H]4O[C@H](CO)[C@@H](O)[C@H](O)[C@H]4O)c3o2)ccc1O. The van der Waals surface area contributed by atoms with E-state index in [1.54, 1.807) is 0 Å². The number of ether oxygens (including phenoxy) is 6. The molecule has 10 atom stereocenters. The van der Waals surface area contributed by atoms with E-state index in [1.807, 2.05) is 0 Å².